The third-order valence-corrected chi connectivity index (χ3v) is 6.37. The Bertz CT molecular complexity index is 622. The second-order valence-electron chi connectivity index (χ2n) is 6.46. The number of hydrogen-bond donors (Lipinski definition) is 1. The molecular weight excluding hydrogens is 276 g/mol. The molecule has 4 rings (SSSR count). The standard InChI is InChI=1S/C18H22N2S/c19-12-15-16(13-8-9-13)20-17(21-15)18(10-4-5-11-18)14-6-2-1-3-7-14/h1-3,6-7,13H,4-5,8-12,19H2. The molecule has 0 aliphatic heterocycles. The van der Waals surface area contributed by atoms with E-state index >= 15 is 0 Å². The SMILES string of the molecule is NCc1sc(C2(c3ccccc3)CCCC2)nc1C1CC1. The summed E-state index contributed by atoms with van der Waals surface area (Å²) in [4.78, 5) is 6.44. The van der Waals surface area contributed by atoms with Gasteiger partial charge in [0.05, 0.1) is 5.69 Å². The van der Waals surface area contributed by atoms with Crippen molar-refractivity contribution in [1.82, 2.24) is 4.98 Å². The van der Waals surface area contributed by atoms with Gasteiger partial charge in [0.25, 0.3) is 0 Å². The second-order valence-corrected chi connectivity index (χ2v) is 7.54. The molecule has 2 aliphatic rings. The van der Waals surface area contributed by atoms with E-state index in [2.05, 4.69) is 30.3 Å². The summed E-state index contributed by atoms with van der Waals surface area (Å²) in [5.41, 5.74) is 8.90. The van der Waals surface area contributed by atoms with Crippen molar-refractivity contribution in [3.8, 4) is 0 Å². The van der Waals surface area contributed by atoms with Gasteiger partial charge in [-0.05, 0) is 31.2 Å². The van der Waals surface area contributed by atoms with Crippen molar-refractivity contribution in [3.63, 3.8) is 0 Å². The van der Waals surface area contributed by atoms with Crippen molar-refractivity contribution in [2.45, 2.75) is 56.4 Å². The van der Waals surface area contributed by atoms with Crippen LogP contribution in [0.25, 0.3) is 0 Å². The Balaban J connectivity index is 1.81. The van der Waals surface area contributed by atoms with Crippen molar-refractivity contribution >= 4 is 11.3 Å². The van der Waals surface area contributed by atoms with Crippen LogP contribution in [0.2, 0.25) is 0 Å². The third kappa shape index (κ3) is 2.23. The molecule has 110 valence electrons. The van der Waals surface area contributed by atoms with Crippen LogP contribution in [-0.2, 0) is 12.0 Å². The Morgan fingerprint density at radius 1 is 1.14 bits per heavy atom. The number of nitrogens with zero attached hydrogens (tertiary/aromatic N) is 1. The van der Waals surface area contributed by atoms with E-state index in [-0.39, 0.29) is 5.41 Å². The molecule has 1 aromatic heterocycles. The van der Waals surface area contributed by atoms with Crippen molar-refractivity contribution in [3.05, 3.63) is 51.5 Å². The summed E-state index contributed by atoms with van der Waals surface area (Å²) in [5.74, 6) is 0.697. The summed E-state index contributed by atoms with van der Waals surface area (Å²) < 4.78 is 0. The van der Waals surface area contributed by atoms with E-state index in [9.17, 15) is 0 Å². The zero-order chi connectivity index (χ0) is 14.3. The van der Waals surface area contributed by atoms with E-state index < -0.39 is 0 Å². The number of aromatic nitrogens is 1. The summed E-state index contributed by atoms with van der Waals surface area (Å²) in [5, 5.41) is 1.33. The maximum atomic E-state index is 5.98. The molecule has 0 unspecified atom stereocenters. The maximum Gasteiger partial charge on any atom is 0.104 e. The predicted molar refractivity (Wildman–Crippen MR) is 87.7 cm³/mol. The monoisotopic (exact) mass is 298 g/mol. The number of rotatable bonds is 4. The molecular formula is C18H22N2S. The fraction of sp³-hybridized carbons (Fsp3) is 0.500. The molecule has 2 nitrogen and oxygen atoms in total. The minimum atomic E-state index is 0.156. The average Bonchev–Trinajstić information content (AvgIpc) is 3.10. The fourth-order valence-corrected chi connectivity index (χ4v) is 5.05. The van der Waals surface area contributed by atoms with Crippen LogP contribution in [0, 0.1) is 0 Å². The highest BCUT2D eigenvalue weighted by Gasteiger charge is 2.41. The first kappa shape index (κ1) is 13.5. The summed E-state index contributed by atoms with van der Waals surface area (Å²) in [7, 11) is 0. The van der Waals surface area contributed by atoms with Crippen molar-refractivity contribution in [1.29, 1.82) is 0 Å². The minimum Gasteiger partial charge on any atom is -0.326 e. The van der Waals surface area contributed by atoms with Gasteiger partial charge in [-0.15, -0.1) is 11.3 Å². The third-order valence-electron chi connectivity index (χ3n) is 5.07. The first-order valence-corrected chi connectivity index (χ1v) is 8.91. The molecule has 2 fully saturated rings. The van der Waals surface area contributed by atoms with Crippen LogP contribution in [0.1, 0.15) is 65.6 Å². The summed E-state index contributed by atoms with van der Waals surface area (Å²) in [6, 6.07) is 11.0. The van der Waals surface area contributed by atoms with E-state index in [1.807, 2.05) is 11.3 Å². The van der Waals surface area contributed by atoms with Gasteiger partial charge >= 0.3 is 0 Å². The van der Waals surface area contributed by atoms with E-state index in [1.165, 1.54) is 59.7 Å². The summed E-state index contributed by atoms with van der Waals surface area (Å²) in [6.45, 7) is 0.647. The Kier molecular flexibility index (Phi) is 3.35. The average molecular weight is 298 g/mol. The van der Waals surface area contributed by atoms with Crippen LogP contribution in [0.15, 0.2) is 30.3 Å². The van der Waals surface area contributed by atoms with Gasteiger partial charge in [0, 0.05) is 22.8 Å². The molecule has 1 heterocycles. The lowest BCUT2D eigenvalue weighted by Crippen LogP contribution is -2.23. The first-order chi connectivity index (χ1) is 10.3. The molecule has 3 heteroatoms. The van der Waals surface area contributed by atoms with E-state index in [4.69, 9.17) is 10.7 Å². The van der Waals surface area contributed by atoms with Gasteiger partial charge in [-0.3, -0.25) is 0 Å². The molecule has 2 saturated carbocycles. The zero-order valence-corrected chi connectivity index (χ0v) is 13.2. The van der Waals surface area contributed by atoms with Gasteiger partial charge in [0.2, 0.25) is 0 Å². The lowest BCUT2D eigenvalue weighted by atomic mass is 9.79. The van der Waals surface area contributed by atoms with Crippen LogP contribution in [0.4, 0.5) is 0 Å². The van der Waals surface area contributed by atoms with Crippen molar-refractivity contribution in [2.75, 3.05) is 0 Å². The maximum absolute atomic E-state index is 5.98. The number of thiazole rings is 1. The highest BCUT2D eigenvalue weighted by molar-refractivity contribution is 7.12. The second kappa shape index (κ2) is 5.22. The Hall–Kier alpha value is -1.19. The smallest absolute Gasteiger partial charge is 0.104 e. The largest absolute Gasteiger partial charge is 0.326 e. The van der Waals surface area contributed by atoms with Crippen molar-refractivity contribution in [2.24, 2.45) is 5.73 Å². The quantitative estimate of drug-likeness (QED) is 0.912. The van der Waals surface area contributed by atoms with Gasteiger partial charge < -0.3 is 5.73 Å². The first-order valence-electron chi connectivity index (χ1n) is 8.09. The lowest BCUT2D eigenvalue weighted by Gasteiger charge is -2.27. The topological polar surface area (TPSA) is 38.9 Å². The summed E-state index contributed by atoms with van der Waals surface area (Å²) in [6.07, 6.45) is 7.69. The van der Waals surface area contributed by atoms with Crippen LogP contribution >= 0.6 is 11.3 Å². The van der Waals surface area contributed by atoms with Crippen LogP contribution in [-0.4, -0.2) is 4.98 Å². The molecule has 0 atom stereocenters. The molecule has 0 radical (unpaired) electrons. The van der Waals surface area contributed by atoms with Gasteiger partial charge in [-0.2, -0.15) is 0 Å². The molecule has 2 aliphatic carbocycles. The van der Waals surface area contributed by atoms with Crippen molar-refractivity contribution < 1.29 is 0 Å². The minimum absolute atomic E-state index is 0.156. The summed E-state index contributed by atoms with van der Waals surface area (Å²) >= 11 is 1.88. The number of nitrogens with two attached hydrogens (primary N) is 1. The molecule has 21 heavy (non-hydrogen) atoms. The molecule has 0 saturated heterocycles. The number of benzene rings is 1. The van der Waals surface area contributed by atoms with Gasteiger partial charge in [-0.25, -0.2) is 4.98 Å². The van der Waals surface area contributed by atoms with Crippen LogP contribution < -0.4 is 5.73 Å². The molecule has 0 bridgehead atoms. The Labute approximate surface area is 130 Å². The van der Waals surface area contributed by atoms with E-state index in [0.717, 1.165) is 0 Å². The Morgan fingerprint density at radius 3 is 2.48 bits per heavy atom. The van der Waals surface area contributed by atoms with E-state index in [1.54, 1.807) is 0 Å². The molecule has 2 N–H and O–H groups in total. The fourth-order valence-electron chi connectivity index (χ4n) is 3.75. The molecule has 0 spiro atoms. The van der Waals surface area contributed by atoms with Crippen LogP contribution in [0.5, 0.6) is 0 Å². The zero-order valence-electron chi connectivity index (χ0n) is 12.3. The van der Waals surface area contributed by atoms with Gasteiger partial charge in [-0.1, -0.05) is 43.2 Å². The number of hydrogen-bond acceptors (Lipinski definition) is 3. The highest BCUT2D eigenvalue weighted by Crippen LogP contribution is 2.50. The molecule has 2 aromatic rings. The van der Waals surface area contributed by atoms with E-state index in [0.29, 0.717) is 12.5 Å². The molecule has 0 amide bonds. The normalized spacial score (nSPS) is 20.8. The highest BCUT2D eigenvalue weighted by atomic mass is 32.1. The lowest BCUT2D eigenvalue weighted by molar-refractivity contribution is 0.530. The van der Waals surface area contributed by atoms with Gasteiger partial charge in [0.15, 0.2) is 0 Å². The van der Waals surface area contributed by atoms with Gasteiger partial charge in [0.1, 0.15) is 5.01 Å². The predicted octanol–water partition coefficient (Wildman–Crippen LogP) is 4.34. The van der Waals surface area contributed by atoms with Crippen LogP contribution in [0.3, 0.4) is 0 Å². The Morgan fingerprint density at radius 2 is 1.86 bits per heavy atom. The molecule has 1 aromatic carbocycles.